The van der Waals surface area contributed by atoms with Crippen molar-refractivity contribution in [3.8, 4) is 11.5 Å². The second-order valence-corrected chi connectivity index (χ2v) is 7.38. The number of ether oxygens (including phenoxy) is 1. The predicted octanol–water partition coefficient (Wildman–Crippen LogP) is 5.37. The summed E-state index contributed by atoms with van der Waals surface area (Å²) >= 11 is 7.60. The van der Waals surface area contributed by atoms with Crippen LogP contribution in [0.15, 0.2) is 52.9 Å². The van der Waals surface area contributed by atoms with Crippen molar-refractivity contribution in [2.75, 3.05) is 18.8 Å². The topological polar surface area (TPSA) is 24.8 Å². The number of hydrogen-bond donors (Lipinski definition) is 0. The standard InChI is InChI=1S/C19H19ClN2OS/c20-15-5-9-17(10-6-15)23-16-7-3-14(4-8-16)18-2-1-11-22-12-13-24-21-19(18)22/h3-10,18H,1-2,11-13H2/t18-/m0/s1. The summed E-state index contributed by atoms with van der Waals surface area (Å²) in [7, 11) is 0. The first kappa shape index (κ1) is 15.9. The molecule has 2 aliphatic heterocycles. The van der Waals surface area contributed by atoms with Crippen LogP contribution < -0.4 is 4.74 Å². The Hall–Kier alpha value is -1.65. The van der Waals surface area contributed by atoms with Crippen LogP contribution in [-0.2, 0) is 0 Å². The van der Waals surface area contributed by atoms with Gasteiger partial charge in [-0.2, -0.15) is 0 Å². The van der Waals surface area contributed by atoms with Gasteiger partial charge in [-0.1, -0.05) is 23.7 Å². The first-order valence-corrected chi connectivity index (χ1v) is 9.60. The smallest absolute Gasteiger partial charge is 0.127 e. The molecule has 5 heteroatoms. The number of fused-ring (bicyclic) bond motifs is 1. The highest BCUT2D eigenvalue weighted by molar-refractivity contribution is 7.98. The first-order valence-electron chi connectivity index (χ1n) is 8.28. The third-order valence-corrected chi connectivity index (χ3v) is 5.43. The molecule has 24 heavy (non-hydrogen) atoms. The van der Waals surface area contributed by atoms with Crippen molar-refractivity contribution >= 4 is 29.4 Å². The number of benzene rings is 2. The fourth-order valence-corrected chi connectivity index (χ4v) is 4.18. The first-order chi connectivity index (χ1) is 11.8. The van der Waals surface area contributed by atoms with E-state index in [4.69, 9.17) is 20.7 Å². The summed E-state index contributed by atoms with van der Waals surface area (Å²) in [5, 5.41) is 0.714. The zero-order valence-electron chi connectivity index (χ0n) is 13.3. The highest BCUT2D eigenvalue weighted by Crippen LogP contribution is 2.34. The summed E-state index contributed by atoms with van der Waals surface area (Å²) in [6.45, 7) is 2.27. The van der Waals surface area contributed by atoms with E-state index in [1.807, 2.05) is 36.4 Å². The summed E-state index contributed by atoms with van der Waals surface area (Å²) in [4.78, 5) is 2.45. The maximum atomic E-state index is 5.90. The molecule has 124 valence electrons. The molecule has 2 aromatic carbocycles. The molecule has 0 amide bonds. The van der Waals surface area contributed by atoms with Crippen molar-refractivity contribution in [3.63, 3.8) is 0 Å². The molecule has 1 saturated heterocycles. The van der Waals surface area contributed by atoms with Crippen LogP contribution in [0.5, 0.6) is 11.5 Å². The molecule has 1 atom stereocenters. The lowest BCUT2D eigenvalue weighted by molar-refractivity contribution is 0.371. The van der Waals surface area contributed by atoms with Crippen molar-refractivity contribution in [1.29, 1.82) is 0 Å². The molecule has 4 rings (SSSR count). The van der Waals surface area contributed by atoms with Crippen molar-refractivity contribution in [1.82, 2.24) is 4.90 Å². The van der Waals surface area contributed by atoms with Crippen molar-refractivity contribution in [2.24, 2.45) is 4.40 Å². The highest BCUT2D eigenvalue weighted by Gasteiger charge is 2.29. The molecule has 0 bridgehead atoms. The molecule has 3 nitrogen and oxygen atoms in total. The number of amidine groups is 1. The Labute approximate surface area is 151 Å². The lowest BCUT2D eigenvalue weighted by atomic mass is 9.89. The zero-order valence-corrected chi connectivity index (χ0v) is 14.9. The Morgan fingerprint density at radius 3 is 2.46 bits per heavy atom. The molecule has 1 fully saturated rings. The van der Waals surface area contributed by atoms with E-state index < -0.39 is 0 Å². The van der Waals surface area contributed by atoms with Gasteiger partial charge < -0.3 is 9.64 Å². The Kier molecular flexibility index (Phi) is 4.67. The average molecular weight is 359 g/mol. The minimum atomic E-state index is 0.413. The summed E-state index contributed by atoms with van der Waals surface area (Å²) in [5.74, 6) is 4.40. The highest BCUT2D eigenvalue weighted by atomic mass is 35.5. The number of nitrogens with zero attached hydrogens (tertiary/aromatic N) is 2. The Morgan fingerprint density at radius 2 is 1.71 bits per heavy atom. The Bertz CT molecular complexity index is 730. The van der Waals surface area contributed by atoms with Crippen LogP contribution in [0.3, 0.4) is 0 Å². The molecule has 0 saturated carbocycles. The summed E-state index contributed by atoms with van der Waals surface area (Å²) in [6.07, 6.45) is 2.41. The van der Waals surface area contributed by atoms with E-state index in [-0.39, 0.29) is 0 Å². The molecular weight excluding hydrogens is 340 g/mol. The van der Waals surface area contributed by atoms with Gasteiger partial charge in [0.25, 0.3) is 0 Å². The maximum absolute atomic E-state index is 5.90. The van der Waals surface area contributed by atoms with Gasteiger partial charge in [0.2, 0.25) is 0 Å². The number of halogens is 1. The van der Waals surface area contributed by atoms with E-state index in [0.29, 0.717) is 10.9 Å². The quantitative estimate of drug-likeness (QED) is 0.689. The number of piperidine rings is 1. The third-order valence-electron chi connectivity index (χ3n) is 4.50. The van der Waals surface area contributed by atoms with Gasteiger partial charge in [0, 0.05) is 29.8 Å². The largest absolute Gasteiger partial charge is 0.457 e. The SMILES string of the molecule is Clc1ccc(Oc2ccc([C@@H]3CCCN4CCSN=C34)cc2)cc1. The van der Waals surface area contributed by atoms with Gasteiger partial charge in [-0.15, -0.1) is 0 Å². The predicted molar refractivity (Wildman–Crippen MR) is 101 cm³/mol. The van der Waals surface area contributed by atoms with E-state index in [0.717, 1.165) is 30.3 Å². The molecule has 0 aromatic heterocycles. The van der Waals surface area contributed by atoms with Crippen molar-refractivity contribution in [2.45, 2.75) is 18.8 Å². The lowest BCUT2D eigenvalue weighted by Crippen LogP contribution is -2.42. The fourth-order valence-electron chi connectivity index (χ4n) is 3.28. The normalized spacial score (nSPS) is 20.3. The van der Waals surface area contributed by atoms with Crippen molar-refractivity contribution < 1.29 is 4.74 Å². The number of rotatable bonds is 3. The van der Waals surface area contributed by atoms with Gasteiger partial charge in [-0.25, -0.2) is 4.40 Å². The van der Waals surface area contributed by atoms with Gasteiger partial charge in [-0.05, 0) is 66.8 Å². The minimum absolute atomic E-state index is 0.413. The molecule has 2 aromatic rings. The van der Waals surface area contributed by atoms with Crippen LogP contribution in [0.4, 0.5) is 0 Å². The van der Waals surface area contributed by atoms with E-state index in [2.05, 4.69) is 17.0 Å². The molecule has 0 aliphatic carbocycles. The molecule has 0 unspecified atom stereocenters. The van der Waals surface area contributed by atoms with E-state index in [1.54, 1.807) is 11.9 Å². The van der Waals surface area contributed by atoms with Gasteiger partial charge >= 0.3 is 0 Å². The fraction of sp³-hybridized carbons (Fsp3) is 0.316. The van der Waals surface area contributed by atoms with Crippen LogP contribution in [0.25, 0.3) is 0 Å². The Morgan fingerprint density at radius 1 is 1.00 bits per heavy atom. The third kappa shape index (κ3) is 3.40. The molecule has 0 radical (unpaired) electrons. The van der Waals surface area contributed by atoms with E-state index >= 15 is 0 Å². The summed E-state index contributed by atoms with van der Waals surface area (Å²) in [5.41, 5.74) is 1.32. The van der Waals surface area contributed by atoms with Gasteiger partial charge in [0.1, 0.15) is 17.3 Å². The molecule has 0 N–H and O–H groups in total. The lowest BCUT2D eigenvalue weighted by Gasteiger charge is -2.37. The second kappa shape index (κ2) is 7.08. The molecule has 2 aliphatic rings. The van der Waals surface area contributed by atoms with Crippen LogP contribution in [0, 0.1) is 0 Å². The van der Waals surface area contributed by atoms with Crippen LogP contribution >= 0.6 is 23.5 Å². The van der Waals surface area contributed by atoms with Crippen LogP contribution in [-0.4, -0.2) is 29.6 Å². The van der Waals surface area contributed by atoms with E-state index in [1.165, 1.54) is 24.2 Å². The summed E-state index contributed by atoms with van der Waals surface area (Å²) in [6, 6.07) is 15.8. The monoisotopic (exact) mass is 358 g/mol. The van der Waals surface area contributed by atoms with Gasteiger partial charge in [0.15, 0.2) is 0 Å². The van der Waals surface area contributed by atoms with Gasteiger partial charge in [0.05, 0.1) is 0 Å². The Balaban J connectivity index is 1.51. The maximum Gasteiger partial charge on any atom is 0.127 e. The van der Waals surface area contributed by atoms with Crippen LogP contribution in [0.2, 0.25) is 5.02 Å². The zero-order chi connectivity index (χ0) is 16.4. The average Bonchev–Trinajstić information content (AvgIpc) is 2.64. The minimum Gasteiger partial charge on any atom is -0.457 e. The summed E-state index contributed by atoms with van der Waals surface area (Å²) < 4.78 is 10.6. The molecule has 0 spiro atoms. The van der Waals surface area contributed by atoms with Crippen molar-refractivity contribution in [3.05, 3.63) is 59.1 Å². The van der Waals surface area contributed by atoms with Crippen LogP contribution in [0.1, 0.15) is 24.3 Å². The molecule has 2 heterocycles. The van der Waals surface area contributed by atoms with Gasteiger partial charge in [-0.3, -0.25) is 0 Å². The van der Waals surface area contributed by atoms with E-state index in [9.17, 15) is 0 Å². The molecular formula is C19H19ClN2OS. The second-order valence-electron chi connectivity index (χ2n) is 6.09. The number of hydrogen-bond acceptors (Lipinski definition) is 4.